The van der Waals surface area contributed by atoms with E-state index in [2.05, 4.69) is 17.2 Å². The van der Waals surface area contributed by atoms with E-state index in [-0.39, 0.29) is 5.91 Å². The molecule has 20 heavy (non-hydrogen) atoms. The normalized spacial score (nSPS) is 18.3. The van der Waals surface area contributed by atoms with Crippen LogP contribution in [0.1, 0.15) is 30.1 Å². The molecule has 1 fully saturated rings. The second kappa shape index (κ2) is 7.24. The average molecular weight is 277 g/mol. The highest BCUT2D eigenvalue weighted by atomic mass is 16.5. The van der Waals surface area contributed by atoms with E-state index < -0.39 is 0 Å². The van der Waals surface area contributed by atoms with Crippen molar-refractivity contribution in [3.63, 3.8) is 0 Å². The first-order valence-corrected chi connectivity index (χ1v) is 7.22. The van der Waals surface area contributed by atoms with Crippen LogP contribution in [0.2, 0.25) is 0 Å². The van der Waals surface area contributed by atoms with Crippen LogP contribution in [0.25, 0.3) is 0 Å². The molecule has 0 aromatic carbocycles. The summed E-state index contributed by atoms with van der Waals surface area (Å²) in [6.07, 6.45) is 3.73. The zero-order chi connectivity index (χ0) is 14.4. The molecule has 1 aliphatic rings. The summed E-state index contributed by atoms with van der Waals surface area (Å²) in [4.78, 5) is 18.5. The minimum absolute atomic E-state index is 0.0677. The summed E-state index contributed by atoms with van der Waals surface area (Å²) < 4.78 is 5.15. The Morgan fingerprint density at radius 3 is 3.05 bits per heavy atom. The summed E-state index contributed by atoms with van der Waals surface area (Å²) in [6.45, 7) is 5.31. The predicted molar refractivity (Wildman–Crippen MR) is 78.9 cm³/mol. The van der Waals surface area contributed by atoms with Crippen molar-refractivity contribution in [1.29, 1.82) is 0 Å². The van der Waals surface area contributed by atoms with E-state index in [4.69, 9.17) is 4.74 Å². The highest BCUT2D eigenvalue weighted by molar-refractivity contribution is 5.94. The lowest BCUT2D eigenvalue weighted by Gasteiger charge is -2.16. The van der Waals surface area contributed by atoms with Gasteiger partial charge in [-0.2, -0.15) is 0 Å². The molecule has 1 atom stereocenters. The van der Waals surface area contributed by atoms with E-state index in [1.807, 2.05) is 17.0 Å². The molecule has 5 heteroatoms. The number of likely N-dealkylation sites (tertiary alicyclic amines) is 1. The van der Waals surface area contributed by atoms with E-state index in [9.17, 15) is 4.79 Å². The van der Waals surface area contributed by atoms with Gasteiger partial charge < -0.3 is 15.0 Å². The van der Waals surface area contributed by atoms with E-state index in [0.717, 1.165) is 44.9 Å². The van der Waals surface area contributed by atoms with Crippen LogP contribution in [0.3, 0.4) is 0 Å². The van der Waals surface area contributed by atoms with Gasteiger partial charge in [-0.15, -0.1) is 0 Å². The molecule has 0 aliphatic carbocycles. The van der Waals surface area contributed by atoms with Crippen LogP contribution in [0.15, 0.2) is 18.3 Å². The standard InChI is InChI=1S/C15H23N3O2/c1-3-7-16-14-5-4-13(9-17-14)15(19)18-8-6-12(10-18)11-20-2/h4-5,9,12H,3,6-8,10-11H2,1-2H3,(H,16,17). The Morgan fingerprint density at radius 1 is 1.55 bits per heavy atom. The van der Waals surface area contributed by atoms with Crippen molar-refractivity contribution >= 4 is 11.7 Å². The quantitative estimate of drug-likeness (QED) is 0.864. The molecule has 2 rings (SSSR count). The maximum atomic E-state index is 12.3. The number of nitrogens with zero attached hydrogens (tertiary/aromatic N) is 2. The van der Waals surface area contributed by atoms with Crippen molar-refractivity contribution < 1.29 is 9.53 Å². The lowest BCUT2D eigenvalue weighted by atomic mass is 10.1. The number of amides is 1. The van der Waals surface area contributed by atoms with Crippen LogP contribution in [0.5, 0.6) is 0 Å². The molecule has 110 valence electrons. The lowest BCUT2D eigenvalue weighted by molar-refractivity contribution is 0.0775. The van der Waals surface area contributed by atoms with Crippen molar-refractivity contribution in [3.05, 3.63) is 23.9 Å². The topological polar surface area (TPSA) is 54.5 Å². The molecule has 1 unspecified atom stereocenters. The number of carbonyl (C=O) groups is 1. The molecule has 1 amide bonds. The molecule has 5 nitrogen and oxygen atoms in total. The van der Waals surface area contributed by atoms with Gasteiger partial charge in [0.1, 0.15) is 5.82 Å². The smallest absolute Gasteiger partial charge is 0.255 e. The zero-order valence-corrected chi connectivity index (χ0v) is 12.3. The molecule has 2 heterocycles. The molecule has 1 aromatic rings. The van der Waals surface area contributed by atoms with E-state index in [1.165, 1.54) is 0 Å². The first-order chi connectivity index (χ1) is 9.74. The Morgan fingerprint density at radius 2 is 2.40 bits per heavy atom. The van der Waals surface area contributed by atoms with Crippen LogP contribution in [-0.4, -0.2) is 49.1 Å². The van der Waals surface area contributed by atoms with Crippen LogP contribution < -0.4 is 5.32 Å². The van der Waals surface area contributed by atoms with Gasteiger partial charge >= 0.3 is 0 Å². The van der Waals surface area contributed by atoms with Crippen molar-refractivity contribution in [3.8, 4) is 0 Å². The summed E-state index contributed by atoms with van der Waals surface area (Å²) in [6, 6.07) is 3.71. The molecule has 1 saturated heterocycles. The number of nitrogens with one attached hydrogen (secondary N) is 1. The summed E-state index contributed by atoms with van der Waals surface area (Å²) in [5, 5.41) is 3.20. The van der Waals surface area contributed by atoms with E-state index in [0.29, 0.717) is 11.5 Å². The first kappa shape index (κ1) is 14.8. The fourth-order valence-electron chi connectivity index (χ4n) is 2.45. The minimum atomic E-state index is 0.0677. The van der Waals surface area contributed by atoms with Gasteiger partial charge in [0.2, 0.25) is 0 Å². The summed E-state index contributed by atoms with van der Waals surface area (Å²) in [5.41, 5.74) is 0.658. The number of anilines is 1. The maximum absolute atomic E-state index is 12.3. The molecule has 0 bridgehead atoms. The third-order valence-electron chi connectivity index (χ3n) is 3.54. The molecule has 0 radical (unpaired) electrons. The minimum Gasteiger partial charge on any atom is -0.384 e. The van der Waals surface area contributed by atoms with Gasteiger partial charge in [0.25, 0.3) is 5.91 Å². The van der Waals surface area contributed by atoms with E-state index >= 15 is 0 Å². The Hall–Kier alpha value is -1.62. The monoisotopic (exact) mass is 277 g/mol. The first-order valence-electron chi connectivity index (χ1n) is 7.22. The van der Waals surface area contributed by atoms with Gasteiger partial charge in [-0.05, 0) is 25.0 Å². The number of carbonyl (C=O) groups excluding carboxylic acids is 1. The number of methoxy groups -OCH3 is 1. The van der Waals surface area contributed by atoms with Crippen LogP contribution >= 0.6 is 0 Å². The van der Waals surface area contributed by atoms with Gasteiger partial charge in [-0.1, -0.05) is 6.92 Å². The Labute approximate surface area is 120 Å². The third-order valence-corrected chi connectivity index (χ3v) is 3.54. The second-order valence-corrected chi connectivity index (χ2v) is 5.22. The fourth-order valence-corrected chi connectivity index (χ4v) is 2.45. The number of rotatable bonds is 6. The summed E-state index contributed by atoms with van der Waals surface area (Å²) in [7, 11) is 1.70. The lowest BCUT2D eigenvalue weighted by Crippen LogP contribution is -2.29. The second-order valence-electron chi connectivity index (χ2n) is 5.22. The molecule has 0 spiro atoms. The Kier molecular flexibility index (Phi) is 5.35. The van der Waals surface area contributed by atoms with Crippen molar-refractivity contribution in [2.75, 3.05) is 38.7 Å². The molecule has 0 saturated carbocycles. The highest BCUT2D eigenvalue weighted by Gasteiger charge is 2.26. The van der Waals surface area contributed by atoms with Crippen molar-refractivity contribution in [2.24, 2.45) is 5.92 Å². The molecule has 1 N–H and O–H groups in total. The molecular weight excluding hydrogens is 254 g/mol. The van der Waals surface area contributed by atoms with Gasteiger partial charge in [0, 0.05) is 38.9 Å². The SMILES string of the molecule is CCCNc1ccc(C(=O)N2CCC(COC)C2)cn1. The average Bonchev–Trinajstić information content (AvgIpc) is 2.94. The maximum Gasteiger partial charge on any atom is 0.255 e. The zero-order valence-electron chi connectivity index (χ0n) is 12.3. The highest BCUT2D eigenvalue weighted by Crippen LogP contribution is 2.19. The Balaban J connectivity index is 1.92. The van der Waals surface area contributed by atoms with E-state index in [1.54, 1.807) is 13.3 Å². The molecule has 1 aromatic heterocycles. The van der Waals surface area contributed by atoms with Gasteiger partial charge in [-0.3, -0.25) is 4.79 Å². The summed E-state index contributed by atoms with van der Waals surface area (Å²) >= 11 is 0. The van der Waals surface area contributed by atoms with Gasteiger partial charge in [0.05, 0.1) is 12.2 Å². The number of hydrogen-bond acceptors (Lipinski definition) is 4. The largest absolute Gasteiger partial charge is 0.384 e. The van der Waals surface area contributed by atoms with Crippen molar-refractivity contribution in [1.82, 2.24) is 9.88 Å². The molecular formula is C15H23N3O2. The van der Waals surface area contributed by atoms with Gasteiger partial charge in [0.15, 0.2) is 0 Å². The number of pyridine rings is 1. The van der Waals surface area contributed by atoms with Crippen molar-refractivity contribution in [2.45, 2.75) is 19.8 Å². The number of hydrogen-bond donors (Lipinski definition) is 1. The van der Waals surface area contributed by atoms with Crippen LogP contribution in [0, 0.1) is 5.92 Å². The Bertz CT molecular complexity index is 433. The summed E-state index contributed by atoms with van der Waals surface area (Å²) in [5.74, 6) is 1.35. The third kappa shape index (κ3) is 3.70. The van der Waals surface area contributed by atoms with Gasteiger partial charge in [-0.25, -0.2) is 4.98 Å². The van der Waals surface area contributed by atoms with Crippen LogP contribution in [-0.2, 0) is 4.74 Å². The predicted octanol–water partition coefficient (Wildman–Crippen LogP) is 2.01. The molecule has 1 aliphatic heterocycles. The fraction of sp³-hybridized carbons (Fsp3) is 0.600. The number of aromatic nitrogens is 1. The van der Waals surface area contributed by atoms with Crippen LogP contribution in [0.4, 0.5) is 5.82 Å². The number of ether oxygens (including phenoxy) is 1.